The SMILES string of the molecule is CC1CC(C[C@H](C(=O)Nc2ccn(CC(C)(C)O)n2)n2cc(Oc3ccccc3Cl)cc2O)C1. The minimum atomic E-state index is -0.925. The number of nitrogens with one attached hydrogen (secondary N) is 1. The molecular weight excluding hydrogens is 456 g/mol. The highest BCUT2D eigenvalue weighted by Gasteiger charge is 2.33. The number of rotatable bonds is 9. The van der Waals surface area contributed by atoms with Gasteiger partial charge in [-0.25, -0.2) is 0 Å². The first-order valence-electron chi connectivity index (χ1n) is 11.5. The fourth-order valence-electron chi connectivity index (χ4n) is 4.45. The molecule has 1 saturated carbocycles. The third-order valence-corrected chi connectivity index (χ3v) is 6.29. The molecule has 1 aliphatic carbocycles. The van der Waals surface area contributed by atoms with Crippen molar-refractivity contribution in [3.63, 3.8) is 0 Å². The summed E-state index contributed by atoms with van der Waals surface area (Å²) in [7, 11) is 0. The quantitative estimate of drug-likeness (QED) is 0.384. The van der Waals surface area contributed by atoms with E-state index in [-0.39, 0.29) is 11.8 Å². The van der Waals surface area contributed by atoms with Crippen LogP contribution in [-0.4, -0.2) is 36.1 Å². The highest BCUT2D eigenvalue weighted by atomic mass is 35.5. The lowest BCUT2D eigenvalue weighted by Crippen LogP contribution is -2.31. The molecule has 1 atom stereocenters. The Kier molecular flexibility index (Phi) is 6.91. The van der Waals surface area contributed by atoms with E-state index in [4.69, 9.17) is 16.3 Å². The van der Waals surface area contributed by atoms with Gasteiger partial charge in [-0.1, -0.05) is 30.7 Å². The van der Waals surface area contributed by atoms with E-state index in [9.17, 15) is 15.0 Å². The van der Waals surface area contributed by atoms with Gasteiger partial charge >= 0.3 is 0 Å². The van der Waals surface area contributed by atoms with E-state index in [0.29, 0.717) is 47.1 Å². The highest BCUT2D eigenvalue weighted by molar-refractivity contribution is 6.32. The number of amides is 1. The Labute approximate surface area is 204 Å². The molecule has 1 aliphatic rings. The number of benzene rings is 1. The van der Waals surface area contributed by atoms with E-state index in [1.165, 1.54) is 6.07 Å². The Morgan fingerprint density at radius 2 is 2.06 bits per heavy atom. The molecule has 3 N–H and O–H groups in total. The first-order chi connectivity index (χ1) is 16.1. The van der Waals surface area contributed by atoms with Gasteiger partial charge in [-0.3, -0.25) is 9.48 Å². The van der Waals surface area contributed by atoms with Crippen LogP contribution in [-0.2, 0) is 11.3 Å². The van der Waals surface area contributed by atoms with Crippen LogP contribution in [0.1, 0.15) is 46.1 Å². The second kappa shape index (κ2) is 9.72. The summed E-state index contributed by atoms with van der Waals surface area (Å²) in [6.45, 7) is 5.89. The van der Waals surface area contributed by atoms with Crippen LogP contribution in [0.3, 0.4) is 0 Å². The van der Waals surface area contributed by atoms with Gasteiger partial charge in [0.25, 0.3) is 0 Å². The molecule has 0 radical (unpaired) electrons. The van der Waals surface area contributed by atoms with Crippen molar-refractivity contribution in [3.05, 3.63) is 53.8 Å². The van der Waals surface area contributed by atoms with Gasteiger partial charge in [-0.05, 0) is 57.1 Å². The van der Waals surface area contributed by atoms with Crippen LogP contribution in [0.2, 0.25) is 5.02 Å². The molecule has 0 spiro atoms. The molecule has 0 bridgehead atoms. The summed E-state index contributed by atoms with van der Waals surface area (Å²) in [6.07, 6.45) is 6.02. The number of hydrogen-bond acceptors (Lipinski definition) is 5. The maximum atomic E-state index is 13.3. The molecule has 2 aromatic heterocycles. The molecule has 2 heterocycles. The highest BCUT2D eigenvalue weighted by Crippen LogP contribution is 2.41. The predicted octanol–water partition coefficient (Wildman–Crippen LogP) is 5.22. The Bertz CT molecular complexity index is 1140. The number of ether oxygens (including phenoxy) is 1. The van der Waals surface area contributed by atoms with E-state index in [2.05, 4.69) is 17.3 Å². The Morgan fingerprint density at radius 3 is 2.74 bits per heavy atom. The van der Waals surface area contributed by atoms with E-state index in [1.54, 1.807) is 59.8 Å². The molecule has 0 aliphatic heterocycles. The van der Waals surface area contributed by atoms with E-state index >= 15 is 0 Å². The molecule has 182 valence electrons. The minimum Gasteiger partial charge on any atom is -0.494 e. The van der Waals surface area contributed by atoms with E-state index in [0.717, 1.165) is 12.8 Å². The van der Waals surface area contributed by atoms with Crippen LogP contribution in [0.5, 0.6) is 17.4 Å². The van der Waals surface area contributed by atoms with Gasteiger partial charge in [0.05, 0.1) is 23.4 Å². The summed E-state index contributed by atoms with van der Waals surface area (Å²) in [5, 5.41) is 28.3. The third kappa shape index (κ3) is 5.93. The lowest BCUT2D eigenvalue weighted by molar-refractivity contribution is -0.120. The summed E-state index contributed by atoms with van der Waals surface area (Å²) in [5.74, 6) is 1.94. The number of aliphatic hydroxyl groups is 1. The minimum absolute atomic E-state index is 0.0675. The summed E-state index contributed by atoms with van der Waals surface area (Å²) < 4.78 is 8.97. The fraction of sp³-hybridized carbons (Fsp3) is 0.440. The number of nitrogens with zero attached hydrogens (tertiary/aromatic N) is 3. The molecule has 1 aromatic carbocycles. The van der Waals surface area contributed by atoms with Crippen LogP contribution in [0.4, 0.5) is 5.82 Å². The molecule has 34 heavy (non-hydrogen) atoms. The summed E-state index contributed by atoms with van der Waals surface area (Å²) in [4.78, 5) is 13.3. The number of carbonyl (C=O) groups is 1. The number of halogens is 1. The van der Waals surface area contributed by atoms with Gasteiger partial charge < -0.3 is 24.8 Å². The van der Waals surface area contributed by atoms with Crippen LogP contribution in [0.15, 0.2) is 48.8 Å². The average Bonchev–Trinajstić information content (AvgIpc) is 3.30. The number of para-hydroxylation sites is 1. The zero-order chi connectivity index (χ0) is 24.5. The van der Waals surface area contributed by atoms with Crippen LogP contribution >= 0.6 is 11.6 Å². The second-order valence-electron chi connectivity index (χ2n) is 9.87. The Morgan fingerprint density at radius 1 is 1.32 bits per heavy atom. The van der Waals surface area contributed by atoms with Crippen molar-refractivity contribution in [2.24, 2.45) is 11.8 Å². The molecule has 1 fully saturated rings. The van der Waals surface area contributed by atoms with Crippen molar-refractivity contribution in [2.45, 2.75) is 58.2 Å². The first-order valence-corrected chi connectivity index (χ1v) is 11.8. The van der Waals surface area contributed by atoms with Gasteiger partial charge in [-0.15, -0.1) is 0 Å². The van der Waals surface area contributed by atoms with Crippen LogP contribution in [0, 0.1) is 11.8 Å². The number of aromatic nitrogens is 3. The lowest BCUT2D eigenvalue weighted by atomic mass is 9.73. The zero-order valence-electron chi connectivity index (χ0n) is 19.6. The third-order valence-electron chi connectivity index (χ3n) is 5.97. The second-order valence-corrected chi connectivity index (χ2v) is 10.3. The van der Waals surface area contributed by atoms with Crippen molar-refractivity contribution in [1.29, 1.82) is 0 Å². The Balaban J connectivity index is 1.53. The average molecular weight is 487 g/mol. The van der Waals surface area contributed by atoms with Gasteiger partial charge in [0.1, 0.15) is 17.5 Å². The largest absolute Gasteiger partial charge is 0.494 e. The predicted molar refractivity (Wildman–Crippen MR) is 130 cm³/mol. The normalized spacial score (nSPS) is 18.9. The smallest absolute Gasteiger partial charge is 0.248 e. The summed E-state index contributed by atoms with van der Waals surface area (Å²) in [6, 6.07) is 9.60. The van der Waals surface area contributed by atoms with Crippen molar-refractivity contribution >= 4 is 23.3 Å². The summed E-state index contributed by atoms with van der Waals surface area (Å²) >= 11 is 6.19. The van der Waals surface area contributed by atoms with Crippen LogP contribution < -0.4 is 10.1 Å². The van der Waals surface area contributed by atoms with Crippen molar-refractivity contribution in [3.8, 4) is 17.4 Å². The monoisotopic (exact) mass is 486 g/mol. The van der Waals surface area contributed by atoms with E-state index < -0.39 is 11.6 Å². The molecule has 9 heteroatoms. The molecule has 3 aromatic rings. The van der Waals surface area contributed by atoms with Crippen molar-refractivity contribution in [2.75, 3.05) is 5.32 Å². The topological polar surface area (TPSA) is 102 Å². The van der Waals surface area contributed by atoms with Gasteiger partial charge in [0.2, 0.25) is 5.91 Å². The first kappa shape index (κ1) is 24.2. The maximum absolute atomic E-state index is 13.3. The number of aromatic hydroxyl groups is 1. The fourth-order valence-corrected chi connectivity index (χ4v) is 4.62. The standard InChI is InChI=1S/C25H31ClN4O4/c1-16-10-17(11-16)12-20(24(32)27-22-8-9-29(28-22)15-25(2,3)33)30-14-18(13-23(30)31)34-21-7-5-4-6-19(21)26/h4-9,13-14,16-17,20,31,33H,10-12,15H2,1-3H3,(H,27,28,32)/t16?,17?,20-/m1/s1. The molecule has 1 amide bonds. The maximum Gasteiger partial charge on any atom is 0.248 e. The van der Waals surface area contributed by atoms with Gasteiger partial charge in [0, 0.05) is 18.3 Å². The summed E-state index contributed by atoms with van der Waals surface area (Å²) in [5.41, 5.74) is -0.925. The molecular formula is C25H31ClN4O4. The van der Waals surface area contributed by atoms with Crippen LogP contribution in [0.25, 0.3) is 0 Å². The number of carbonyl (C=O) groups excluding carboxylic acids is 1. The molecule has 0 unspecified atom stereocenters. The van der Waals surface area contributed by atoms with Gasteiger partial charge in [0.15, 0.2) is 11.7 Å². The van der Waals surface area contributed by atoms with Crippen molar-refractivity contribution in [1.82, 2.24) is 14.3 Å². The number of anilines is 1. The number of hydrogen-bond donors (Lipinski definition) is 3. The Hall–Kier alpha value is -2.97. The zero-order valence-corrected chi connectivity index (χ0v) is 20.4. The molecule has 4 rings (SSSR count). The lowest BCUT2D eigenvalue weighted by Gasteiger charge is -2.35. The molecule has 0 saturated heterocycles. The van der Waals surface area contributed by atoms with Gasteiger partial charge in [-0.2, -0.15) is 5.10 Å². The van der Waals surface area contributed by atoms with Crippen molar-refractivity contribution < 1.29 is 19.7 Å². The van der Waals surface area contributed by atoms with E-state index in [1.807, 2.05) is 6.07 Å². The molecule has 8 nitrogen and oxygen atoms in total.